The van der Waals surface area contributed by atoms with Gasteiger partial charge in [-0.3, -0.25) is 4.79 Å². The molecule has 162 valence electrons. The molecule has 0 saturated heterocycles. The number of nitrogens with zero attached hydrogens (tertiary/aromatic N) is 2. The van der Waals surface area contributed by atoms with E-state index in [1.807, 2.05) is 6.92 Å². The summed E-state index contributed by atoms with van der Waals surface area (Å²) in [4.78, 5) is 23.7. The first-order valence-electron chi connectivity index (χ1n) is 11.5. The molecule has 29 heavy (non-hydrogen) atoms. The highest BCUT2D eigenvalue weighted by Crippen LogP contribution is 2.64. The van der Waals surface area contributed by atoms with Crippen LogP contribution in [-0.4, -0.2) is 37.0 Å². The minimum Gasteiger partial charge on any atom is -0.396 e. The van der Waals surface area contributed by atoms with E-state index in [4.69, 9.17) is 15.4 Å². The molecular weight excluding hydrogens is 366 g/mol. The molecule has 0 amide bonds. The van der Waals surface area contributed by atoms with Crippen LogP contribution in [0.3, 0.4) is 0 Å². The largest absolute Gasteiger partial charge is 0.396 e. The second kappa shape index (κ2) is 8.01. The molecule has 6 nitrogen and oxygen atoms in total. The maximum atomic E-state index is 12.7. The predicted octanol–water partition coefficient (Wildman–Crippen LogP) is 3.93. The van der Waals surface area contributed by atoms with E-state index in [1.165, 1.54) is 5.71 Å². The lowest BCUT2D eigenvalue weighted by atomic mass is 9.45. The highest BCUT2D eigenvalue weighted by Gasteiger charge is 2.61. The van der Waals surface area contributed by atoms with Crippen LogP contribution in [0.15, 0.2) is 10.3 Å². The number of carbonyl (C=O) groups excluding carboxylic acids is 1. The van der Waals surface area contributed by atoms with E-state index in [-0.39, 0.29) is 10.8 Å². The molecule has 4 fully saturated rings. The smallest absolute Gasteiger partial charge is 0.139 e. The summed E-state index contributed by atoms with van der Waals surface area (Å²) < 4.78 is 0. The zero-order valence-corrected chi connectivity index (χ0v) is 18.3. The number of hydrogen-bond acceptors (Lipinski definition) is 6. The van der Waals surface area contributed by atoms with Gasteiger partial charge in [-0.2, -0.15) is 0 Å². The van der Waals surface area contributed by atoms with Crippen LogP contribution >= 0.6 is 0 Å². The van der Waals surface area contributed by atoms with Crippen molar-refractivity contribution in [3.63, 3.8) is 0 Å². The number of oxime groups is 2. The second-order valence-electron chi connectivity index (χ2n) is 10.0. The van der Waals surface area contributed by atoms with Gasteiger partial charge in [-0.15, -0.1) is 0 Å². The first kappa shape index (κ1) is 20.8. The van der Waals surface area contributed by atoms with Crippen molar-refractivity contribution in [3.05, 3.63) is 0 Å². The van der Waals surface area contributed by atoms with Crippen LogP contribution in [0, 0.1) is 34.5 Å². The molecular formula is C23H37N3O3. The summed E-state index contributed by atoms with van der Waals surface area (Å²) in [7, 11) is 0. The number of carbonyl (C=O) groups is 1. The summed E-state index contributed by atoms with van der Waals surface area (Å²) in [6.07, 6.45) is 7.98. The molecule has 0 aliphatic heterocycles. The summed E-state index contributed by atoms with van der Waals surface area (Å²) in [5.74, 6) is 2.55. The molecule has 0 aromatic carbocycles. The van der Waals surface area contributed by atoms with Crippen LogP contribution < -0.4 is 5.73 Å². The van der Waals surface area contributed by atoms with Crippen molar-refractivity contribution in [2.75, 3.05) is 19.8 Å². The van der Waals surface area contributed by atoms with Crippen molar-refractivity contribution < 1.29 is 14.5 Å². The fraction of sp³-hybridized carbons (Fsp3) is 0.870. The Morgan fingerprint density at radius 2 is 1.90 bits per heavy atom. The molecule has 0 heterocycles. The average Bonchev–Trinajstić information content (AvgIpc) is 3.01. The SMILES string of the molecule is CCO/N=C1\C[C@@H]2[C@H](CC[C@]3(C)C(=O)CC[C@@H]23)[C@@]2(C)CC/C(=N/OCCN)CC12. The lowest BCUT2D eigenvalue weighted by Crippen LogP contribution is -2.56. The van der Waals surface area contributed by atoms with E-state index < -0.39 is 0 Å². The Morgan fingerprint density at radius 3 is 2.66 bits per heavy atom. The number of nitrogens with two attached hydrogens (primary N) is 1. The van der Waals surface area contributed by atoms with Gasteiger partial charge in [0.25, 0.3) is 0 Å². The van der Waals surface area contributed by atoms with Gasteiger partial charge in [0.2, 0.25) is 0 Å². The molecule has 4 aliphatic carbocycles. The lowest BCUT2D eigenvalue weighted by Gasteiger charge is -2.59. The quantitative estimate of drug-likeness (QED) is 0.556. The Kier molecular flexibility index (Phi) is 5.75. The Bertz CT molecular complexity index is 705. The van der Waals surface area contributed by atoms with E-state index in [1.54, 1.807) is 0 Å². The Hall–Kier alpha value is -1.43. The summed E-state index contributed by atoms with van der Waals surface area (Å²) in [5.41, 5.74) is 7.92. The van der Waals surface area contributed by atoms with Gasteiger partial charge in [0.15, 0.2) is 0 Å². The molecule has 0 aromatic heterocycles. The van der Waals surface area contributed by atoms with Crippen LogP contribution in [0.1, 0.15) is 72.1 Å². The minimum atomic E-state index is -0.113. The molecule has 4 saturated carbocycles. The third-order valence-corrected chi connectivity index (χ3v) is 8.74. The first-order valence-corrected chi connectivity index (χ1v) is 11.5. The van der Waals surface area contributed by atoms with Gasteiger partial charge in [-0.25, -0.2) is 0 Å². The highest BCUT2D eigenvalue weighted by atomic mass is 16.6. The van der Waals surface area contributed by atoms with Gasteiger partial charge in [-0.05, 0) is 75.0 Å². The van der Waals surface area contributed by atoms with Crippen molar-refractivity contribution in [2.24, 2.45) is 50.5 Å². The van der Waals surface area contributed by atoms with Crippen molar-refractivity contribution in [1.29, 1.82) is 0 Å². The molecule has 4 aliphatic rings. The molecule has 6 atom stereocenters. The van der Waals surface area contributed by atoms with E-state index in [0.29, 0.717) is 49.2 Å². The van der Waals surface area contributed by atoms with Gasteiger partial charge in [0, 0.05) is 24.3 Å². The van der Waals surface area contributed by atoms with Gasteiger partial charge >= 0.3 is 0 Å². The van der Waals surface area contributed by atoms with E-state index in [0.717, 1.165) is 57.1 Å². The third-order valence-electron chi connectivity index (χ3n) is 8.74. The standard InChI is InChI=1S/C23H37N3O3/c1-4-28-26-20-14-16-17-5-6-21(27)23(17,3)10-8-18(16)22(2)9-7-15(13-19(20)22)25-29-12-11-24/h16-19H,4-14,24H2,1-3H3/b25-15-,26-20+/t16-,17-,18-,19?,22+,23-/m0/s1. The first-order chi connectivity index (χ1) is 13.9. The normalized spacial score (nSPS) is 44.3. The van der Waals surface area contributed by atoms with Crippen molar-refractivity contribution in [2.45, 2.75) is 72.1 Å². The van der Waals surface area contributed by atoms with Crippen LogP contribution in [0.5, 0.6) is 0 Å². The zero-order valence-electron chi connectivity index (χ0n) is 18.3. The van der Waals surface area contributed by atoms with Gasteiger partial charge in [-0.1, -0.05) is 24.2 Å². The monoisotopic (exact) mass is 403 g/mol. The van der Waals surface area contributed by atoms with Crippen molar-refractivity contribution in [3.8, 4) is 0 Å². The number of hydrogen-bond donors (Lipinski definition) is 1. The molecule has 4 rings (SSSR count). The minimum absolute atomic E-state index is 0.113. The second-order valence-corrected chi connectivity index (χ2v) is 10.0. The Labute approximate surface area is 174 Å². The fourth-order valence-corrected chi connectivity index (χ4v) is 7.17. The molecule has 0 spiro atoms. The number of fused-ring (bicyclic) bond motifs is 5. The van der Waals surface area contributed by atoms with Crippen molar-refractivity contribution >= 4 is 17.2 Å². The average molecular weight is 404 g/mol. The molecule has 2 N–H and O–H groups in total. The maximum Gasteiger partial charge on any atom is 0.139 e. The van der Waals surface area contributed by atoms with E-state index in [2.05, 4.69) is 24.2 Å². The number of ketones is 1. The van der Waals surface area contributed by atoms with Gasteiger partial charge in [0.05, 0.1) is 11.4 Å². The summed E-state index contributed by atoms with van der Waals surface area (Å²) in [5, 5.41) is 9.01. The van der Waals surface area contributed by atoms with Gasteiger partial charge < -0.3 is 15.4 Å². The summed E-state index contributed by atoms with van der Waals surface area (Å²) >= 11 is 0. The Balaban J connectivity index is 1.64. The molecule has 0 radical (unpaired) electrons. The topological polar surface area (TPSA) is 86.3 Å². The van der Waals surface area contributed by atoms with E-state index in [9.17, 15) is 4.79 Å². The zero-order chi connectivity index (χ0) is 20.6. The van der Waals surface area contributed by atoms with Crippen LogP contribution in [0.25, 0.3) is 0 Å². The highest BCUT2D eigenvalue weighted by molar-refractivity contribution is 5.96. The summed E-state index contributed by atoms with van der Waals surface area (Å²) in [6.45, 7) is 8.21. The van der Waals surface area contributed by atoms with Crippen LogP contribution in [0.2, 0.25) is 0 Å². The maximum absolute atomic E-state index is 12.7. The summed E-state index contributed by atoms with van der Waals surface area (Å²) in [6, 6.07) is 0. The van der Waals surface area contributed by atoms with E-state index >= 15 is 0 Å². The predicted molar refractivity (Wildman–Crippen MR) is 114 cm³/mol. The number of Topliss-reactive ketones (excluding diaryl/α,β-unsaturated/α-hetero) is 1. The number of rotatable bonds is 5. The molecule has 1 unspecified atom stereocenters. The van der Waals surface area contributed by atoms with Crippen LogP contribution in [-0.2, 0) is 14.5 Å². The Morgan fingerprint density at radius 1 is 1.07 bits per heavy atom. The fourth-order valence-electron chi connectivity index (χ4n) is 7.17. The molecule has 0 bridgehead atoms. The van der Waals surface area contributed by atoms with Crippen molar-refractivity contribution in [1.82, 2.24) is 0 Å². The van der Waals surface area contributed by atoms with Gasteiger partial charge in [0.1, 0.15) is 19.0 Å². The molecule has 6 heteroatoms. The van der Waals surface area contributed by atoms with Crippen LogP contribution in [0.4, 0.5) is 0 Å². The lowest BCUT2D eigenvalue weighted by molar-refractivity contribution is -0.133. The third kappa shape index (κ3) is 3.41. The molecule has 0 aromatic rings.